The molecule has 0 aromatic heterocycles. The summed E-state index contributed by atoms with van der Waals surface area (Å²) in [5, 5.41) is 0. The summed E-state index contributed by atoms with van der Waals surface area (Å²) in [6, 6.07) is 9.96. The fourth-order valence-corrected chi connectivity index (χ4v) is 1.84. The van der Waals surface area contributed by atoms with E-state index in [4.69, 9.17) is 20.6 Å². The van der Waals surface area contributed by atoms with Gasteiger partial charge in [-0.1, -0.05) is 36.3 Å². The molecule has 1 saturated heterocycles. The van der Waals surface area contributed by atoms with E-state index in [-0.39, 0.29) is 12.2 Å². The lowest BCUT2D eigenvalue weighted by Gasteiger charge is -2.38. The largest absolute Gasteiger partial charge is 0.367 e. The molecule has 1 fully saturated rings. The van der Waals surface area contributed by atoms with Crippen molar-refractivity contribution in [3.63, 3.8) is 0 Å². The number of benzene rings is 1. The van der Waals surface area contributed by atoms with Crippen molar-refractivity contribution in [2.75, 3.05) is 6.61 Å². The van der Waals surface area contributed by atoms with Gasteiger partial charge in [0.1, 0.15) is 12.2 Å². The molecule has 18 heavy (non-hydrogen) atoms. The van der Waals surface area contributed by atoms with Gasteiger partial charge in [0.05, 0.1) is 13.2 Å². The van der Waals surface area contributed by atoms with E-state index in [1.165, 1.54) is 0 Å². The highest BCUT2D eigenvalue weighted by Gasteiger charge is 2.36. The quantitative estimate of drug-likeness (QED) is 0.766. The molecule has 1 aromatic carbocycles. The Balaban J connectivity index is 1.92. The molecule has 0 saturated carbocycles. The second-order valence-electron chi connectivity index (χ2n) is 4.75. The minimum absolute atomic E-state index is 0.219. The lowest BCUT2D eigenvalue weighted by atomic mass is 10.1. The monoisotopic (exact) mass is 246 g/mol. The summed E-state index contributed by atoms with van der Waals surface area (Å²) in [7, 11) is 0. The lowest BCUT2D eigenvalue weighted by Crippen LogP contribution is -2.49. The van der Waals surface area contributed by atoms with Gasteiger partial charge in [-0.15, -0.1) is 6.42 Å². The summed E-state index contributed by atoms with van der Waals surface area (Å²) < 4.78 is 17.0. The third kappa shape index (κ3) is 3.33. The molecule has 0 amide bonds. The van der Waals surface area contributed by atoms with Crippen molar-refractivity contribution in [2.24, 2.45) is 0 Å². The minimum atomic E-state index is -0.635. The van der Waals surface area contributed by atoms with Gasteiger partial charge in [0.2, 0.25) is 0 Å². The molecule has 0 N–H and O–H groups in total. The maximum atomic E-state index is 5.77. The summed E-state index contributed by atoms with van der Waals surface area (Å²) in [4.78, 5) is 0. The molecule has 0 aliphatic carbocycles. The molecule has 0 spiro atoms. The van der Waals surface area contributed by atoms with E-state index < -0.39 is 5.79 Å². The topological polar surface area (TPSA) is 27.7 Å². The van der Waals surface area contributed by atoms with Crippen molar-refractivity contribution in [1.29, 1.82) is 0 Å². The van der Waals surface area contributed by atoms with E-state index in [1.807, 2.05) is 44.2 Å². The van der Waals surface area contributed by atoms with Crippen LogP contribution in [0.3, 0.4) is 0 Å². The van der Waals surface area contributed by atoms with Crippen LogP contribution in [0.25, 0.3) is 0 Å². The van der Waals surface area contributed by atoms with Crippen LogP contribution >= 0.6 is 0 Å². The van der Waals surface area contributed by atoms with Gasteiger partial charge in [0.15, 0.2) is 5.79 Å². The first kappa shape index (κ1) is 13.1. The van der Waals surface area contributed by atoms with Gasteiger partial charge in [0, 0.05) is 0 Å². The molecule has 0 bridgehead atoms. The first-order valence-corrected chi connectivity index (χ1v) is 6.04. The normalized spacial score (nSPS) is 26.5. The van der Waals surface area contributed by atoms with Crippen LogP contribution in [0.2, 0.25) is 0 Å². The zero-order valence-electron chi connectivity index (χ0n) is 10.8. The highest BCUT2D eigenvalue weighted by atomic mass is 16.7. The average molecular weight is 246 g/mol. The fourth-order valence-electron chi connectivity index (χ4n) is 1.84. The predicted octanol–water partition coefficient (Wildman–Crippen LogP) is 2.36. The molecule has 0 unspecified atom stereocenters. The average Bonchev–Trinajstić information content (AvgIpc) is 2.37. The standard InChI is InChI=1S/C15H18O3/c1-4-13-14(11-17-15(2,3)18-13)16-10-12-8-6-5-7-9-12/h1,5-9,13-14H,10-11H2,2-3H3/t13-,14-/m0/s1. The Morgan fingerprint density at radius 3 is 2.78 bits per heavy atom. The molecule has 1 heterocycles. The summed E-state index contributed by atoms with van der Waals surface area (Å²) in [6.45, 7) is 4.67. The number of terminal acetylenes is 1. The van der Waals surface area contributed by atoms with Gasteiger partial charge < -0.3 is 14.2 Å². The molecule has 3 heteroatoms. The minimum Gasteiger partial charge on any atom is -0.367 e. The van der Waals surface area contributed by atoms with Crippen LogP contribution in [-0.2, 0) is 20.8 Å². The SMILES string of the molecule is C#C[C@@H]1OC(C)(C)OC[C@@H]1OCc1ccccc1. The smallest absolute Gasteiger partial charge is 0.164 e. The molecule has 0 radical (unpaired) electrons. The molecule has 2 atom stereocenters. The van der Waals surface area contributed by atoms with Gasteiger partial charge in [-0.05, 0) is 19.4 Å². The van der Waals surface area contributed by atoms with E-state index >= 15 is 0 Å². The zero-order chi connectivity index (χ0) is 13.0. The number of ether oxygens (including phenoxy) is 3. The van der Waals surface area contributed by atoms with Gasteiger partial charge in [-0.2, -0.15) is 0 Å². The summed E-state index contributed by atoms with van der Waals surface area (Å²) >= 11 is 0. The van der Waals surface area contributed by atoms with Crippen LogP contribution in [0.5, 0.6) is 0 Å². The van der Waals surface area contributed by atoms with Gasteiger partial charge in [-0.3, -0.25) is 0 Å². The van der Waals surface area contributed by atoms with Crippen molar-refractivity contribution in [3.05, 3.63) is 35.9 Å². The Labute approximate surface area is 108 Å². The molecule has 96 valence electrons. The highest BCUT2D eigenvalue weighted by molar-refractivity contribution is 5.13. The molecule has 1 aliphatic heterocycles. The number of hydrogen-bond donors (Lipinski definition) is 0. The Kier molecular flexibility index (Phi) is 4.03. The van der Waals surface area contributed by atoms with E-state index in [0.29, 0.717) is 13.2 Å². The predicted molar refractivity (Wildman–Crippen MR) is 68.8 cm³/mol. The second-order valence-corrected chi connectivity index (χ2v) is 4.75. The summed E-state index contributed by atoms with van der Waals surface area (Å²) in [6.07, 6.45) is 4.89. The lowest BCUT2D eigenvalue weighted by molar-refractivity contribution is -0.298. The second kappa shape index (κ2) is 5.53. The zero-order valence-corrected chi connectivity index (χ0v) is 10.8. The third-order valence-corrected chi connectivity index (χ3v) is 2.81. The molecule has 1 aromatic rings. The van der Waals surface area contributed by atoms with Crippen molar-refractivity contribution in [1.82, 2.24) is 0 Å². The number of rotatable bonds is 3. The molecular formula is C15H18O3. The van der Waals surface area contributed by atoms with Crippen LogP contribution in [0.15, 0.2) is 30.3 Å². The van der Waals surface area contributed by atoms with E-state index in [2.05, 4.69) is 5.92 Å². The number of hydrogen-bond acceptors (Lipinski definition) is 3. The van der Waals surface area contributed by atoms with Crippen molar-refractivity contribution in [3.8, 4) is 12.3 Å². The van der Waals surface area contributed by atoms with Crippen LogP contribution < -0.4 is 0 Å². The van der Waals surface area contributed by atoms with Crippen LogP contribution in [0.1, 0.15) is 19.4 Å². The maximum absolute atomic E-state index is 5.77. The van der Waals surface area contributed by atoms with Crippen LogP contribution in [0, 0.1) is 12.3 Å². The van der Waals surface area contributed by atoms with Crippen molar-refractivity contribution < 1.29 is 14.2 Å². The molecule has 1 aliphatic rings. The fraction of sp³-hybridized carbons (Fsp3) is 0.467. The Morgan fingerprint density at radius 1 is 1.39 bits per heavy atom. The molecule has 3 nitrogen and oxygen atoms in total. The van der Waals surface area contributed by atoms with E-state index in [9.17, 15) is 0 Å². The Bertz CT molecular complexity index is 419. The van der Waals surface area contributed by atoms with Crippen molar-refractivity contribution in [2.45, 2.75) is 38.4 Å². The van der Waals surface area contributed by atoms with Crippen molar-refractivity contribution >= 4 is 0 Å². The third-order valence-electron chi connectivity index (χ3n) is 2.81. The first-order valence-electron chi connectivity index (χ1n) is 6.04. The van der Waals surface area contributed by atoms with E-state index in [1.54, 1.807) is 0 Å². The highest BCUT2D eigenvalue weighted by Crippen LogP contribution is 2.24. The molecule has 2 rings (SSSR count). The van der Waals surface area contributed by atoms with Gasteiger partial charge in [0.25, 0.3) is 0 Å². The Hall–Kier alpha value is -1.34. The summed E-state index contributed by atoms with van der Waals surface area (Å²) in [5.74, 6) is 1.98. The summed E-state index contributed by atoms with van der Waals surface area (Å²) in [5.41, 5.74) is 1.11. The van der Waals surface area contributed by atoms with Crippen LogP contribution in [-0.4, -0.2) is 24.6 Å². The van der Waals surface area contributed by atoms with Crippen LogP contribution in [0.4, 0.5) is 0 Å². The maximum Gasteiger partial charge on any atom is 0.164 e. The van der Waals surface area contributed by atoms with Gasteiger partial charge in [-0.25, -0.2) is 0 Å². The molecular weight excluding hydrogens is 228 g/mol. The first-order chi connectivity index (χ1) is 8.61. The van der Waals surface area contributed by atoms with E-state index in [0.717, 1.165) is 5.56 Å². The Morgan fingerprint density at radius 2 is 2.11 bits per heavy atom. The van der Waals surface area contributed by atoms with Gasteiger partial charge >= 0.3 is 0 Å².